The highest BCUT2D eigenvalue weighted by molar-refractivity contribution is 7.89. The molecule has 5 nitrogen and oxygen atoms in total. The Morgan fingerprint density at radius 1 is 1.20 bits per heavy atom. The van der Waals surface area contributed by atoms with Crippen LogP contribution in [0.2, 0.25) is 0 Å². The van der Waals surface area contributed by atoms with E-state index in [1.807, 2.05) is 19.9 Å². The Bertz CT molecular complexity index is 585. The lowest BCUT2D eigenvalue weighted by atomic mass is 10.0. The normalized spacial score (nSPS) is 12.4. The zero-order chi connectivity index (χ0) is 15.6. The predicted octanol–water partition coefficient (Wildman–Crippen LogP) is 2.23. The topological polar surface area (TPSA) is 83.5 Å². The number of carboxylic acid groups (broad SMARTS) is 1. The van der Waals surface area contributed by atoms with Crippen LogP contribution in [0.1, 0.15) is 37.8 Å². The van der Waals surface area contributed by atoms with Crippen molar-refractivity contribution in [1.82, 2.24) is 4.72 Å². The molecule has 1 aromatic rings. The highest BCUT2D eigenvalue weighted by atomic mass is 32.2. The van der Waals surface area contributed by atoms with Gasteiger partial charge in [0.2, 0.25) is 10.0 Å². The molecule has 0 aliphatic rings. The molecule has 112 valence electrons. The molecular weight excluding hydrogens is 278 g/mol. The van der Waals surface area contributed by atoms with Gasteiger partial charge in [0.1, 0.15) is 0 Å². The van der Waals surface area contributed by atoms with Crippen LogP contribution in [0.5, 0.6) is 0 Å². The first-order valence-corrected chi connectivity index (χ1v) is 7.84. The summed E-state index contributed by atoms with van der Waals surface area (Å²) in [6.45, 7) is 7.02. The summed E-state index contributed by atoms with van der Waals surface area (Å²) in [5.74, 6) is -0.941. The second-order valence-corrected chi connectivity index (χ2v) is 7.39. The molecule has 0 unspecified atom stereocenters. The van der Waals surface area contributed by atoms with Crippen LogP contribution in [-0.4, -0.2) is 25.0 Å². The van der Waals surface area contributed by atoms with Crippen LogP contribution >= 0.6 is 0 Å². The highest BCUT2D eigenvalue weighted by Gasteiger charge is 2.27. The average Bonchev–Trinajstić information content (AvgIpc) is 2.24. The molecule has 0 aliphatic carbocycles. The van der Waals surface area contributed by atoms with Gasteiger partial charge >= 0.3 is 5.97 Å². The van der Waals surface area contributed by atoms with E-state index in [9.17, 15) is 13.2 Å². The molecule has 20 heavy (non-hydrogen) atoms. The number of carbonyl (C=O) groups is 1. The molecule has 0 aliphatic heterocycles. The number of carboxylic acids is 1. The van der Waals surface area contributed by atoms with E-state index in [1.165, 1.54) is 0 Å². The van der Waals surface area contributed by atoms with Crippen molar-refractivity contribution >= 4 is 16.0 Å². The maximum absolute atomic E-state index is 12.3. The van der Waals surface area contributed by atoms with Gasteiger partial charge in [0.15, 0.2) is 0 Å². The molecule has 0 heterocycles. The number of hydrogen-bond acceptors (Lipinski definition) is 3. The third-order valence-corrected chi connectivity index (χ3v) is 4.56. The van der Waals surface area contributed by atoms with Gasteiger partial charge in [-0.3, -0.25) is 4.79 Å². The number of rotatable bonds is 6. The summed E-state index contributed by atoms with van der Waals surface area (Å²) in [6, 6.07) is 5.10. The molecule has 0 amide bonds. The number of nitrogens with one attached hydrogen (secondary N) is 1. The zero-order valence-corrected chi connectivity index (χ0v) is 13.0. The van der Waals surface area contributed by atoms with E-state index >= 15 is 0 Å². The molecule has 1 aromatic carbocycles. The summed E-state index contributed by atoms with van der Waals surface area (Å²) in [4.78, 5) is 10.8. The Hall–Kier alpha value is -1.40. The average molecular weight is 299 g/mol. The quantitative estimate of drug-likeness (QED) is 0.843. The molecule has 1 rings (SSSR count). The first-order valence-electron chi connectivity index (χ1n) is 6.36. The first kappa shape index (κ1) is 16.7. The summed E-state index contributed by atoms with van der Waals surface area (Å²) in [5.41, 5.74) is 0.928. The van der Waals surface area contributed by atoms with Gasteiger partial charge < -0.3 is 5.11 Å². The van der Waals surface area contributed by atoms with Gasteiger partial charge in [0, 0.05) is 12.0 Å². The third kappa shape index (κ3) is 4.94. The van der Waals surface area contributed by atoms with Crippen molar-refractivity contribution in [3.8, 4) is 0 Å². The summed E-state index contributed by atoms with van der Waals surface area (Å²) >= 11 is 0. The number of hydrogen-bond donors (Lipinski definition) is 2. The maximum atomic E-state index is 12.3. The standard InChI is InChI=1S/C14H21NO4S/c1-10-7-11(2)9-12(8-10)20(18,19)15-14(3,4)6-5-13(16)17/h7-9,15H,5-6H2,1-4H3,(H,16,17). The summed E-state index contributed by atoms with van der Waals surface area (Å²) in [6.07, 6.45) is 0.148. The fourth-order valence-corrected chi connectivity index (χ4v) is 3.61. The monoisotopic (exact) mass is 299 g/mol. The summed E-state index contributed by atoms with van der Waals surface area (Å²) < 4.78 is 27.2. The third-order valence-electron chi connectivity index (χ3n) is 2.88. The van der Waals surface area contributed by atoms with Gasteiger partial charge in [-0.1, -0.05) is 6.07 Å². The predicted molar refractivity (Wildman–Crippen MR) is 77.2 cm³/mol. The molecule has 0 aromatic heterocycles. The van der Waals surface area contributed by atoms with E-state index < -0.39 is 21.5 Å². The van der Waals surface area contributed by atoms with E-state index in [-0.39, 0.29) is 17.7 Å². The number of aliphatic carboxylic acids is 1. The smallest absolute Gasteiger partial charge is 0.303 e. The van der Waals surface area contributed by atoms with Gasteiger partial charge in [-0.25, -0.2) is 13.1 Å². The van der Waals surface area contributed by atoms with Gasteiger partial charge in [-0.15, -0.1) is 0 Å². The number of benzene rings is 1. The van der Waals surface area contributed by atoms with E-state index in [0.717, 1.165) is 11.1 Å². The summed E-state index contributed by atoms with van der Waals surface area (Å²) in [7, 11) is -3.65. The second-order valence-electron chi connectivity index (χ2n) is 5.71. The van der Waals surface area contributed by atoms with Crippen molar-refractivity contribution in [2.75, 3.05) is 0 Å². The Labute approximate surface area is 120 Å². The largest absolute Gasteiger partial charge is 0.481 e. The minimum absolute atomic E-state index is 0.0810. The van der Waals surface area contributed by atoms with Crippen molar-refractivity contribution in [2.24, 2.45) is 0 Å². The minimum atomic E-state index is -3.65. The lowest BCUT2D eigenvalue weighted by molar-refractivity contribution is -0.137. The minimum Gasteiger partial charge on any atom is -0.481 e. The van der Waals surface area contributed by atoms with Crippen LogP contribution in [0, 0.1) is 13.8 Å². The maximum Gasteiger partial charge on any atom is 0.303 e. The van der Waals surface area contributed by atoms with Gasteiger partial charge in [-0.05, 0) is 57.4 Å². The van der Waals surface area contributed by atoms with Crippen molar-refractivity contribution in [2.45, 2.75) is 51.0 Å². The molecule has 6 heteroatoms. The second kappa shape index (κ2) is 5.93. The zero-order valence-electron chi connectivity index (χ0n) is 12.2. The Morgan fingerprint density at radius 2 is 1.70 bits per heavy atom. The van der Waals surface area contributed by atoms with Crippen LogP contribution in [0.15, 0.2) is 23.1 Å². The molecule has 0 radical (unpaired) electrons. The Balaban J connectivity index is 2.96. The van der Waals surface area contributed by atoms with Gasteiger partial charge in [0.25, 0.3) is 0 Å². The molecule has 2 N–H and O–H groups in total. The fourth-order valence-electron chi connectivity index (χ4n) is 1.98. The molecule has 0 saturated heterocycles. The number of aryl methyl sites for hydroxylation is 2. The van der Waals surface area contributed by atoms with Crippen LogP contribution in [0.25, 0.3) is 0 Å². The highest BCUT2D eigenvalue weighted by Crippen LogP contribution is 2.19. The fraction of sp³-hybridized carbons (Fsp3) is 0.500. The number of sulfonamides is 1. The molecular formula is C14H21NO4S. The van der Waals surface area contributed by atoms with E-state index in [2.05, 4.69) is 4.72 Å². The van der Waals surface area contributed by atoms with Crippen LogP contribution in [-0.2, 0) is 14.8 Å². The van der Waals surface area contributed by atoms with Crippen molar-refractivity contribution in [3.63, 3.8) is 0 Å². The van der Waals surface area contributed by atoms with Crippen LogP contribution < -0.4 is 4.72 Å². The molecule has 0 fully saturated rings. The Kier molecular flexibility index (Phi) is 4.94. The molecule has 0 spiro atoms. The van der Waals surface area contributed by atoms with Crippen molar-refractivity contribution in [1.29, 1.82) is 0 Å². The van der Waals surface area contributed by atoms with E-state index in [0.29, 0.717) is 0 Å². The molecule has 0 saturated carbocycles. The van der Waals surface area contributed by atoms with E-state index in [1.54, 1.807) is 26.0 Å². The molecule has 0 bridgehead atoms. The summed E-state index contributed by atoms with van der Waals surface area (Å²) in [5, 5.41) is 8.69. The Morgan fingerprint density at radius 3 is 2.15 bits per heavy atom. The first-order chi connectivity index (χ1) is 9.02. The van der Waals surface area contributed by atoms with Crippen molar-refractivity contribution < 1.29 is 18.3 Å². The van der Waals surface area contributed by atoms with Crippen LogP contribution in [0.4, 0.5) is 0 Å². The van der Waals surface area contributed by atoms with E-state index in [4.69, 9.17) is 5.11 Å². The van der Waals surface area contributed by atoms with Gasteiger partial charge in [0.05, 0.1) is 4.90 Å². The van der Waals surface area contributed by atoms with Crippen LogP contribution in [0.3, 0.4) is 0 Å². The molecule has 0 atom stereocenters. The lowest BCUT2D eigenvalue weighted by Gasteiger charge is -2.25. The van der Waals surface area contributed by atoms with Crippen molar-refractivity contribution in [3.05, 3.63) is 29.3 Å². The van der Waals surface area contributed by atoms with Gasteiger partial charge in [-0.2, -0.15) is 0 Å². The SMILES string of the molecule is Cc1cc(C)cc(S(=O)(=O)NC(C)(C)CCC(=O)O)c1. The lowest BCUT2D eigenvalue weighted by Crippen LogP contribution is -2.43.